The zero-order chi connectivity index (χ0) is 16.5. The van der Waals surface area contributed by atoms with Crippen molar-refractivity contribution < 1.29 is 14.7 Å². The number of carbonyl (C=O) groups excluding carboxylic acids is 1. The van der Waals surface area contributed by atoms with Crippen molar-refractivity contribution in [3.05, 3.63) is 33.7 Å². The number of aromatic nitrogens is 2. The fraction of sp³-hybridized carbons (Fsp3) is 0.429. The Kier molecular flexibility index (Phi) is 4.32. The molecule has 0 fully saturated rings. The van der Waals surface area contributed by atoms with Crippen molar-refractivity contribution in [2.24, 2.45) is 5.92 Å². The van der Waals surface area contributed by atoms with Gasteiger partial charge in [-0.25, -0.2) is 4.98 Å². The quantitative estimate of drug-likeness (QED) is 0.865. The summed E-state index contributed by atoms with van der Waals surface area (Å²) in [7, 11) is 0. The first-order valence-electron chi connectivity index (χ1n) is 6.74. The van der Waals surface area contributed by atoms with Gasteiger partial charge in [0.2, 0.25) is 0 Å². The van der Waals surface area contributed by atoms with Crippen LogP contribution in [0.5, 0.6) is 0 Å². The molecule has 0 radical (unpaired) electrons. The number of fused-ring (bicyclic) bond motifs is 1. The van der Waals surface area contributed by atoms with Crippen LogP contribution in [0.15, 0.2) is 22.6 Å². The summed E-state index contributed by atoms with van der Waals surface area (Å²) >= 11 is 1.29. The van der Waals surface area contributed by atoms with Crippen LogP contribution in [0.1, 0.15) is 37.6 Å². The summed E-state index contributed by atoms with van der Waals surface area (Å²) in [5, 5.41) is 13.4. The predicted molar refractivity (Wildman–Crippen MR) is 82.3 cm³/mol. The third-order valence-electron chi connectivity index (χ3n) is 3.78. The number of carbonyl (C=O) groups is 2. The van der Waals surface area contributed by atoms with Crippen molar-refractivity contribution in [3.8, 4) is 0 Å². The average molecular weight is 323 g/mol. The first kappa shape index (κ1) is 16.2. The molecule has 1 unspecified atom stereocenters. The Labute approximate surface area is 130 Å². The lowest BCUT2D eigenvalue weighted by atomic mass is 9.85. The molecule has 22 heavy (non-hydrogen) atoms. The molecule has 1 atom stereocenters. The molecule has 118 valence electrons. The SMILES string of the molecule is CC(C)C(C)(CC(=O)O)NC(=O)c1cnc2sccn2c1=O. The Morgan fingerprint density at radius 3 is 2.77 bits per heavy atom. The Bertz CT molecular complexity index is 780. The van der Waals surface area contributed by atoms with Gasteiger partial charge in [-0.05, 0) is 12.8 Å². The maximum atomic E-state index is 12.4. The molecular formula is C14H17N3O4S. The number of hydrogen-bond acceptors (Lipinski definition) is 5. The zero-order valence-corrected chi connectivity index (χ0v) is 13.3. The number of nitrogens with zero attached hydrogens (tertiary/aromatic N) is 2. The van der Waals surface area contributed by atoms with E-state index in [2.05, 4.69) is 10.3 Å². The van der Waals surface area contributed by atoms with E-state index < -0.39 is 23.0 Å². The lowest BCUT2D eigenvalue weighted by molar-refractivity contribution is -0.138. The smallest absolute Gasteiger partial charge is 0.305 e. The van der Waals surface area contributed by atoms with Crippen LogP contribution in [-0.2, 0) is 4.79 Å². The van der Waals surface area contributed by atoms with Gasteiger partial charge in [0.15, 0.2) is 4.96 Å². The van der Waals surface area contributed by atoms with Crippen molar-refractivity contribution in [1.82, 2.24) is 14.7 Å². The van der Waals surface area contributed by atoms with Gasteiger partial charge in [0.1, 0.15) is 5.56 Å². The van der Waals surface area contributed by atoms with Crippen LogP contribution < -0.4 is 10.9 Å². The highest BCUT2D eigenvalue weighted by Crippen LogP contribution is 2.21. The Morgan fingerprint density at radius 1 is 1.50 bits per heavy atom. The fourth-order valence-corrected chi connectivity index (χ4v) is 2.69. The van der Waals surface area contributed by atoms with Crippen LogP contribution in [0.25, 0.3) is 4.96 Å². The Morgan fingerprint density at radius 2 is 2.18 bits per heavy atom. The van der Waals surface area contributed by atoms with Gasteiger partial charge >= 0.3 is 5.97 Å². The monoisotopic (exact) mass is 323 g/mol. The van der Waals surface area contributed by atoms with Gasteiger partial charge in [0.05, 0.1) is 12.0 Å². The Hall–Kier alpha value is -2.22. The van der Waals surface area contributed by atoms with E-state index in [1.54, 1.807) is 18.5 Å². The van der Waals surface area contributed by atoms with Crippen LogP contribution in [0, 0.1) is 5.92 Å². The molecule has 2 heterocycles. The van der Waals surface area contributed by atoms with Crippen LogP contribution >= 0.6 is 11.3 Å². The fourth-order valence-electron chi connectivity index (χ4n) is 2.01. The average Bonchev–Trinajstić information content (AvgIpc) is 2.86. The van der Waals surface area contributed by atoms with Crippen molar-refractivity contribution in [1.29, 1.82) is 0 Å². The molecule has 2 aromatic heterocycles. The lowest BCUT2D eigenvalue weighted by Gasteiger charge is -2.33. The molecule has 2 aromatic rings. The van der Waals surface area contributed by atoms with Crippen LogP contribution in [0.4, 0.5) is 0 Å². The summed E-state index contributed by atoms with van der Waals surface area (Å²) in [4.78, 5) is 40.2. The molecule has 7 nitrogen and oxygen atoms in total. The van der Waals surface area contributed by atoms with Crippen LogP contribution in [0.2, 0.25) is 0 Å². The molecule has 0 aliphatic rings. The summed E-state index contributed by atoms with van der Waals surface area (Å²) in [5.74, 6) is -1.75. The van der Waals surface area contributed by atoms with Crippen molar-refractivity contribution in [2.75, 3.05) is 0 Å². The minimum Gasteiger partial charge on any atom is -0.481 e. The van der Waals surface area contributed by atoms with Gasteiger partial charge in [0.25, 0.3) is 11.5 Å². The molecule has 0 aromatic carbocycles. The molecule has 0 aliphatic carbocycles. The summed E-state index contributed by atoms with van der Waals surface area (Å²) in [5.41, 5.74) is -1.53. The third kappa shape index (κ3) is 3.01. The number of aliphatic carboxylic acids is 1. The van der Waals surface area contributed by atoms with E-state index in [1.807, 2.05) is 13.8 Å². The van der Waals surface area contributed by atoms with Gasteiger partial charge < -0.3 is 10.4 Å². The maximum Gasteiger partial charge on any atom is 0.305 e. The number of thiazole rings is 1. The summed E-state index contributed by atoms with van der Waals surface area (Å²) in [6.07, 6.45) is 2.54. The summed E-state index contributed by atoms with van der Waals surface area (Å²) in [6, 6.07) is 0. The van der Waals surface area contributed by atoms with Crippen molar-refractivity contribution in [2.45, 2.75) is 32.7 Å². The standard InChI is InChI=1S/C14H17N3O4S/c1-8(2)14(3,6-10(18)19)16-11(20)9-7-15-13-17(12(9)21)4-5-22-13/h4-5,7-8H,6H2,1-3H3,(H,16,20)(H,18,19). The molecule has 2 rings (SSSR count). The molecule has 0 aliphatic heterocycles. The second-order valence-corrected chi connectivity index (χ2v) is 6.50. The largest absolute Gasteiger partial charge is 0.481 e. The molecule has 8 heteroatoms. The van der Waals surface area contributed by atoms with Gasteiger partial charge in [-0.3, -0.25) is 18.8 Å². The first-order valence-corrected chi connectivity index (χ1v) is 7.62. The predicted octanol–water partition coefficient (Wildman–Crippen LogP) is 1.38. The second kappa shape index (κ2) is 5.88. The number of carboxylic acids is 1. The highest BCUT2D eigenvalue weighted by Gasteiger charge is 2.33. The number of hydrogen-bond donors (Lipinski definition) is 2. The van der Waals surface area contributed by atoms with Gasteiger partial charge in [-0.1, -0.05) is 13.8 Å². The molecular weight excluding hydrogens is 306 g/mol. The van der Waals surface area contributed by atoms with Gasteiger partial charge in [-0.2, -0.15) is 0 Å². The second-order valence-electron chi connectivity index (χ2n) is 5.63. The van der Waals surface area contributed by atoms with E-state index >= 15 is 0 Å². The first-order chi connectivity index (χ1) is 10.2. The summed E-state index contributed by atoms with van der Waals surface area (Å²) < 4.78 is 1.30. The van der Waals surface area contributed by atoms with E-state index in [9.17, 15) is 14.4 Å². The van der Waals surface area contributed by atoms with Gasteiger partial charge in [-0.15, -0.1) is 11.3 Å². The number of rotatable bonds is 5. The molecule has 0 spiro atoms. The molecule has 0 saturated heterocycles. The molecule has 1 amide bonds. The third-order valence-corrected chi connectivity index (χ3v) is 4.55. The normalized spacial score (nSPS) is 14.0. The van der Waals surface area contributed by atoms with Crippen LogP contribution in [-0.4, -0.2) is 31.9 Å². The number of nitrogens with one attached hydrogen (secondary N) is 1. The van der Waals surface area contributed by atoms with Crippen molar-refractivity contribution >= 4 is 28.2 Å². The Balaban J connectivity index is 2.35. The van der Waals surface area contributed by atoms with E-state index in [-0.39, 0.29) is 17.9 Å². The topological polar surface area (TPSA) is 101 Å². The van der Waals surface area contributed by atoms with Crippen LogP contribution in [0.3, 0.4) is 0 Å². The highest BCUT2D eigenvalue weighted by atomic mass is 32.1. The minimum atomic E-state index is -1.01. The molecule has 0 bridgehead atoms. The number of amides is 1. The van der Waals surface area contributed by atoms with Gasteiger partial charge in [0, 0.05) is 17.8 Å². The maximum absolute atomic E-state index is 12.4. The minimum absolute atomic E-state index is 0.104. The number of carboxylic acid groups (broad SMARTS) is 1. The highest BCUT2D eigenvalue weighted by molar-refractivity contribution is 7.15. The summed E-state index contributed by atoms with van der Waals surface area (Å²) in [6.45, 7) is 5.28. The molecule has 0 saturated carbocycles. The van der Waals surface area contributed by atoms with E-state index in [1.165, 1.54) is 21.9 Å². The van der Waals surface area contributed by atoms with E-state index in [0.717, 1.165) is 0 Å². The van der Waals surface area contributed by atoms with E-state index in [4.69, 9.17) is 5.11 Å². The lowest BCUT2D eigenvalue weighted by Crippen LogP contribution is -2.52. The van der Waals surface area contributed by atoms with Crippen molar-refractivity contribution in [3.63, 3.8) is 0 Å². The molecule has 2 N–H and O–H groups in total. The zero-order valence-electron chi connectivity index (χ0n) is 12.5. The van der Waals surface area contributed by atoms with E-state index in [0.29, 0.717) is 4.96 Å².